The van der Waals surface area contributed by atoms with E-state index in [1.54, 1.807) is 18.9 Å². The summed E-state index contributed by atoms with van der Waals surface area (Å²) in [6.45, 7) is 3.25. The first-order valence-electron chi connectivity index (χ1n) is 7.29. The van der Waals surface area contributed by atoms with Gasteiger partial charge < -0.3 is 25.1 Å². The van der Waals surface area contributed by atoms with E-state index in [9.17, 15) is 14.7 Å². The van der Waals surface area contributed by atoms with Crippen molar-refractivity contribution in [1.82, 2.24) is 25.3 Å². The first-order valence-corrected chi connectivity index (χ1v) is 7.29. The van der Waals surface area contributed by atoms with E-state index in [-0.39, 0.29) is 12.5 Å². The van der Waals surface area contributed by atoms with Crippen LogP contribution in [0.5, 0.6) is 0 Å². The van der Waals surface area contributed by atoms with Gasteiger partial charge in [0, 0.05) is 20.1 Å². The summed E-state index contributed by atoms with van der Waals surface area (Å²) in [6, 6.07) is -1.03. The summed E-state index contributed by atoms with van der Waals surface area (Å²) >= 11 is 0. The smallest absolute Gasteiger partial charge is 0.325 e. The lowest BCUT2D eigenvalue weighted by molar-refractivity contribution is -0.127. The number of aliphatic imine (C=N–C) groups is 1. The maximum Gasteiger partial charge on any atom is 0.325 e. The molecule has 0 aromatic heterocycles. The van der Waals surface area contributed by atoms with Gasteiger partial charge in [-0.1, -0.05) is 0 Å². The molecule has 124 valence electrons. The van der Waals surface area contributed by atoms with Gasteiger partial charge in [0.25, 0.3) is 5.91 Å². The summed E-state index contributed by atoms with van der Waals surface area (Å²) in [5, 5.41) is 15.1. The molecule has 3 amide bonds. The van der Waals surface area contributed by atoms with E-state index in [0.29, 0.717) is 12.5 Å². The van der Waals surface area contributed by atoms with Crippen molar-refractivity contribution in [3.8, 4) is 0 Å². The van der Waals surface area contributed by atoms with Crippen molar-refractivity contribution in [1.29, 1.82) is 0 Å². The number of likely N-dealkylation sites (N-methyl/N-ethyl adjacent to an activating group) is 2. The van der Waals surface area contributed by atoms with E-state index in [2.05, 4.69) is 15.6 Å². The molecule has 0 aromatic rings. The fourth-order valence-corrected chi connectivity index (χ4v) is 2.56. The molecule has 22 heavy (non-hydrogen) atoms. The largest absolute Gasteiger partial charge is 0.392 e. The minimum Gasteiger partial charge on any atom is -0.392 e. The number of hydrogen-bond donors (Lipinski definition) is 3. The second kappa shape index (κ2) is 6.49. The summed E-state index contributed by atoms with van der Waals surface area (Å²) in [4.78, 5) is 33.5. The molecule has 0 saturated carbocycles. The summed E-state index contributed by atoms with van der Waals surface area (Å²) in [5.41, 5.74) is 0. The van der Waals surface area contributed by atoms with Gasteiger partial charge in [0.2, 0.25) is 0 Å². The SMILES string of the molecule is CC(O)CN1C(=NCCN(C)C)NC2C1C(=O)NC(=O)N2C. The predicted octanol–water partition coefficient (Wildman–Crippen LogP) is -1.93. The molecule has 9 heteroatoms. The molecular weight excluding hydrogens is 288 g/mol. The third kappa shape index (κ3) is 3.30. The number of carbonyl (C=O) groups excluding carboxylic acids is 2. The molecule has 3 N–H and O–H groups in total. The number of nitrogens with one attached hydrogen (secondary N) is 2. The van der Waals surface area contributed by atoms with Crippen molar-refractivity contribution in [2.24, 2.45) is 4.99 Å². The predicted molar refractivity (Wildman–Crippen MR) is 81.3 cm³/mol. The van der Waals surface area contributed by atoms with E-state index < -0.39 is 24.3 Å². The van der Waals surface area contributed by atoms with E-state index >= 15 is 0 Å². The van der Waals surface area contributed by atoms with Crippen molar-refractivity contribution in [3.63, 3.8) is 0 Å². The molecule has 2 aliphatic heterocycles. The van der Waals surface area contributed by atoms with Gasteiger partial charge in [0.15, 0.2) is 12.0 Å². The zero-order valence-corrected chi connectivity index (χ0v) is 13.4. The van der Waals surface area contributed by atoms with Crippen LogP contribution >= 0.6 is 0 Å². The number of guanidine groups is 1. The number of amides is 3. The van der Waals surface area contributed by atoms with Crippen LogP contribution in [0.4, 0.5) is 4.79 Å². The fraction of sp³-hybridized carbons (Fsp3) is 0.769. The van der Waals surface area contributed by atoms with Gasteiger partial charge in [-0.05, 0) is 21.0 Å². The van der Waals surface area contributed by atoms with Crippen LogP contribution in [0, 0.1) is 0 Å². The topological polar surface area (TPSA) is 101 Å². The normalized spacial score (nSPS) is 28.0. The number of aliphatic hydroxyl groups is 1. The van der Waals surface area contributed by atoms with Crippen molar-refractivity contribution >= 4 is 17.9 Å². The van der Waals surface area contributed by atoms with Gasteiger partial charge in [0.05, 0.1) is 12.6 Å². The van der Waals surface area contributed by atoms with Gasteiger partial charge >= 0.3 is 6.03 Å². The monoisotopic (exact) mass is 312 g/mol. The molecule has 0 radical (unpaired) electrons. The average molecular weight is 312 g/mol. The number of imide groups is 1. The number of fused-ring (bicyclic) bond motifs is 1. The Balaban J connectivity index is 2.22. The Morgan fingerprint density at radius 3 is 2.68 bits per heavy atom. The molecule has 3 atom stereocenters. The Kier molecular flexibility index (Phi) is 4.87. The van der Waals surface area contributed by atoms with E-state index in [1.807, 2.05) is 19.0 Å². The molecule has 2 heterocycles. The van der Waals surface area contributed by atoms with E-state index in [0.717, 1.165) is 6.54 Å². The van der Waals surface area contributed by atoms with E-state index in [4.69, 9.17) is 0 Å². The molecule has 0 aliphatic carbocycles. The van der Waals surface area contributed by atoms with Crippen LogP contribution in [0.15, 0.2) is 4.99 Å². The number of β-amino-alcohol motifs (C(OH)–C–C–N with tert-alkyl or cyclic N) is 1. The van der Waals surface area contributed by atoms with Gasteiger partial charge in [-0.25, -0.2) is 4.79 Å². The minimum atomic E-state index is -0.615. The van der Waals surface area contributed by atoms with Gasteiger partial charge in [-0.3, -0.25) is 15.1 Å². The number of nitrogens with zero attached hydrogens (tertiary/aromatic N) is 4. The second-order valence-electron chi connectivity index (χ2n) is 5.95. The lowest BCUT2D eigenvalue weighted by atomic mass is 10.1. The molecule has 2 aliphatic rings. The Morgan fingerprint density at radius 1 is 1.41 bits per heavy atom. The van der Waals surface area contributed by atoms with Crippen LogP contribution in [0.2, 0.25) is 0 Å². The van der Waals surface area contributed by atoms with Crippen LogP contribution in [0.3, 0.4) is 0 Å². The molecule has 0 bridgehead atoms. The number of aliphatic hydroxyl groups excluding tert-OH is 1. The van der Waals surface area contributed by atoms with Crippen LogP contribution in [-0.2, 0) is 4.79 Å². The Bertz CT molecular complexity index is 478. The molecule has 3 unspecified atom stereocenters. The molecule has 2 saturated heterocycles. The number of carbonyl (C=O) groups is 2. The van der Waals surface area contributed by atoms with Crippen molar-refractivity contribution in [2.75, 3.05) is 40.8 Å². The molecule has 2 fully saturated rings. The quantitative estimate of drug-likeness (QED) is 0.546. The molecule has 0 spiro atoms. The van der Waals surface area contributed by atoms with Gasteiger partial charge in [-0.15, -0.1) is 0 Å². The highest BCUT2D eigenvalue weighted by molar-refractivity contribution is 6.04. The van der Waals surface area contributed by atoms with Crippen LogP contribution in [0.25, 0.3) is 0 Å². The summed E-state index contributed by atoms with van der Waals surface area (Å²) < 4.78 is 0. The summed E-state index contributed by atoms with van der Waals surface area (Å²) in [6.07, 6.45) is -1.09. The summed E-state index contributed by atoms with van der Waals surface area (Å²) in [7, 11) is 5.53. The zero-order valence-electron chi connectivity index (χ0n) is 13.4. The highest BCUT2D eigenvalue weighted by Gasteiger charge is 2.49. The number of rotatable bonds is 5. The van der Waals surface area contributed by atoms with Crippen LogP contribution in [0.1, 0.15) is 6.92 Å². The fourth-order valence-electron chi connectivity index (χ4n) is 2.56. The highest BCUT2D eigenvalue weighted by atomic mass is 16.3. The molecule has 2 rings (SSSR count). The standard InChI is InChI=1S/C13H24N6O3/c1-8(20)7-19-9-10(18(4)13(22)16-11(9)21)15-12(19)14-5-6-17(2)3/h8-10,20H,5-7H2,1-4H3,(H,14,15)(H,16,21,22). The Labute approximate surface area is 129 Å². The van der Waals surface area contributed by atoms with Crippen molar-refractivity contribution in [2.45, 2.75) is 25.2 Å². The highest BCUT2D eigenvalue weighted by Crippen LogP contribution is 2.20. The van der Waals surface area contributed by atoms with E-state index in [1.165, 1.54) is 4.90 Å². The lowest BCUT2D eigenvalue weighted by Crippen LogP contribution is -2.65. The van der Waals surface area contributed by atoms with Gasteiger partial charge in [-0.2, -0.15) is 0 Å². The summed E-state index contributed by atoms with van der Waals surface area (Å²) in [5.74, 6) is 0.161. The maximum absolute atomic E-state index is 12.2. The number of urea groups is 1. The third-order valence-corrected chi connectivity index (χ3v) is 3.69. The average Bonchev–Trinajstić information content (AvgIpc) is 2.74. The van der Waals surface area contributed by atoms with Crippen molar-refractivity contribution in [3.05, 3.63) is 0 Å². The second-order valence-corrected chi connectivity index (χ2v) is 5.95. The minimum absolute atomic E-state index is 0.268. The lowest BCUT2D eigenvalue weighted by Gasteiger charge is -2.35. The first-order chi connectivity index (χ1) is 10.3. The number of hydrogen-bond acceptors (Lipinski definition) is 5. The first kappa shape index (κ1) is 16.5. The van der Waals surface area contributed by atoms with Gasteiger partial charge in [0.1, 0.15) is 6.17 Å². The maximum atomic E-state index is 12.2. The van der Waals surface area contributed by atoms with Crippen molar-refractivity contribution < 1.29 is 14.7 Å². The third-order valence-electron chi connectivity index (χ3n) is 3.69. The Hall–Kier alpha value is -1.87. The molecular formula is C13H24N6O3. The Morgan fingerprint density at radius 2 is 2.09 bits per heavy atom. The van der Waals surface area contributed by atoms with Crippen LogP contribution in [-0.4, -0.2) is 96.8 Å². The zero-order chi connectivity index (χ0) is 16.4. The van der Waals surface area contributed by atoms with Crippen LogP contribution < -0.4 is 10.6 Å². The molecule has 9 nitrogen and oxygen atoms in total. The molecule has 0 aromatic carbocycles.